The highest BCUT2D eigenvalue weighted by Gasteiger charge is 2.31. The van der Waals surface area contributed by atoms with Crippen molar-refractivity contribution in [2.24, 2.45) is 5.41 Å². The van der Waals surface area contributed by atoms with Gasteiger partial charge in [0, 0.05) is 13.1 Å². The fourth-order valence-corrected chi connectivity index (χ4v) is 3.10. The van der Waals surface area contributed by atoms with Crippen LogP contribution in [0.2, 0.25) is 0 Å². The Hall–Kier alpha value is -1.45. The highest BCUT2D eigenvalue weighted by molar-refractivity contribution is 5.54. The molecule has 0 radical (unpaired) electrons. The van der Waals surface area contributed by atoms with Crippen LogP contribution in [-0.2, 0) is 0 Å². The Morgan fingerprint density at radius 3 is 2.38 bits per heavy atom. The molecule has 1 aliphatic heterocycles. The van der Waals surface area contributed by atoms with Gasteiger partial charge in [0.25, 0.3) is 0 Å². The van der Waals surface area contributed by atoms with E-state index in [4.69, 9.17) is 10.5 Å². The minimum absolute atomic E-state index is 0.0873. The zero-order valence-corrected chi connectivity index (χ0v) is 13.9. The lowest BCUT2D eigenvalue weighted by Gasteiger charge is -2.41. The first-order valence-corrected chi connectivity index (χ1v) is 8.18. The van der Waals surface area contributed by atoms with E-state index in [1.54, 1.807) is 0 Å². The molecule has 4 heteroatoms. The number of pyridine rings is 1. The van der Waals surface area contributed by atoms with Gasteiger partial charge in [0.05, 0.1) is 11.8 Å². The van der Waals surface area contributed by atoms with Crippen LogP contribution in [0.3, 0.4) is 0 Å². The van der Waals surface area contributed by atoms with Crippen LogP contribution in [0.4, 0.5) is 11.5 Å². The Morgan fingerprint density at radius 1 is 1.24 bits per heavy atom. The first-order chi connectivity index (χ1) is 9.99. The second-order valence-corrected chi connectivity index (χ2v) is 6.42. The Morgan fingerprint density at radius 2 is 1.86 bits per heavy atom. The first kappa shape index (κ1) is 15.9. The molecule has 2 heterocycles. The van der Waals surface area contributed by atoms with E-state index in [1.807, 2.05) is 26.0 Å². The van der Waals surface area contributed by atoms with E-state index in [0.29, 0.717) is 17.0 Å². The number of anilines is 2. The van der Waals surface area contributed by atoms with Crippen molar-refractivity contribution in [1.82, 2.24) is 4.98 Å². The van der Waals surface area contributed by atoms with Gasteiger partial charge in [-0.15, -0.1) is 0 Å². The van der Waals surface area contributed by atoms with E-state index >= 15 is 0 Å². The molecule has 0 amide bonds. The van der Waals surface area contributed by atoms with Crippen molar-refractivity contribution in [3.63, 3.8) is 0 Å². The van der Waals surface area contributed by atoms with E-state index in [1.165, 1.54) is 25.7 Å². The van der Waals surface area contributed by atoms with Crippen molar-refractivity contribution < 1.29 is 4.74 Å². The predicted octanol–water partition coefficient (Wildman–Crippen LogP) is 3.86. The van der Waals surface area contributed by atoms with Crippen molar-refractivity contribution in [3.05, 3.63) is 12.1 Å². The van der Waals surface area contributed by atoms with Gasteiger partial charge in [0.2, 0.25) is 5.88 Å². The average Bonchev–Trinajstić information content (AvgIpc) is 2.49. The summed E-state index contributed by atoms with van der Waals surface area (Å²) in [4.78, 5) is 6.97. The van der Waals surface area contributed by atoms with Gasteiger partial charge in [-0.2, -0.15) is 4.98 Å². The molecule has 0 saturated carbocycles. The van der Waals surface area contributed by atoms with Gasteiger partial charge in [-0.1, -0.05) is 26.7 Å². The molecule has 0 unspecified atom stereocenters. The normalized spacial score (nSPS) is 18.0. The topological polar surface area (TPSA) is 51.4 Å². The lowest BCUT2D eigenvalue weighted by atomic mass is 9.74. The smallest absolute Gasteiger partial charge is 0.239 e. The van der Waals surface area contributed by atoms with Gasteiger partial charge in [-0.25, -0.2) is 0 Å². The second-order valence-electron chi connectivity index (χ2n) is 6.42. The quantitative estimate of drug-likeness (QED) is 0.895. The number of piperidine rings is 1. The van der Waals surface area contributed by atoms with Crippen LogP contribution >= 0.6 is 0 Å². The van der Waals surface area contributed by atoms with Gasteiger partial charge in [0.15, 0.2) is 0 Å². The first-order valence-electron chi connectivity index (χ1n) is 8.18. The van der Waals surface area contributed by atoms with Crippen molar-refractivity contribution in [2.45, 2.75) is 59.5 Å². The molecule has 1 saturated heterocycles. The molecule has 0 bridgehead atoms. The summed E-state index contributed by atoms with van der Waals surface area (Å²) in [7, 11) is 0. The van der Waals surface area contributed by atoms with Gasteiger partial charge >= 0.3 is 0 Å². The number of ether oxygens (including phenoxy) is 1. The molecule has 4 nitrogen and oxygen atoms in total. The maximum Gasteiger partial charge on any atom is 0.239 e. The Kier molecular flexibility index (Phi) is 4.96. The fourth-order valence-electron chi connectivity index (χ4n) is 3.10. The van der Waals surface area contributed by atoms with E-state index in [9.17, 15) is 0 Å². The van der Waals surface area contributed by atoms with Crippen LogP contribution in [-0.4, -0.2) is 24.2 Å². The van der Waals surface area contributed by atoms with Crippen molar-refractivity contribution >= 4 is 11.5 Å². The number of nitrogens with zero attached hydrogens (tertiary/aromatic N) is 2. The number of hydrogen-bond acceptors (Lipinski definition) is 4. The summed E-state index contributed by atoms with van der Waals surface area (Å²) in [6.07, 6.45) is 5.12. The highest BCUT2D eigenvalue weighted by atomic mass is 16.5. The third-order valence-corrected chi connectivity index (χ3v) is 4.87. The molecule has 0 spiro atoms. The molecule has 2 N–H and O–H groups in total. The van der Waals surface area contributed by atoms with E-state index < -0.39 is 0 Å². The van der Waals surface area contributed by atoms with E-state index in [2.05, 4.69) is 23.7 Å². The molecular weight excluding hydrogens is 262 g/mol. The Bertz CT molecular complexity index is 459. The van der Waals surface area contributed by atoms with Crippen LogP contribution in [0.15, 0.2) is 12.1 Å². The number of nitrogen functional groups attached to an aromatic ring is 1. The summed E-state index contributed by atoms with van der Waals surface area (Å²) in [5, 5.41) is 0. The molecule has 118 valence electrons. The van der Waals surface area contributed by atoms with Crippen LogP contribution < -0.4 is 15.4 Å². The molecule has 21 heavy (non-hydrogen) atoms. The predicted molar refractivity (Wildman–Crippen MR) is 88.9 cm³/mol. The highest BCUT2D eigenvalue weighted by Crippen LogP contribution is 2.39. The number of hydrogen-bond donors (Lipinski definition) is 1. The van der Waals surface area contributed by atoms with Crippen molar-refractivity contribution in [2.75, 3.05) is 23.7 Å². The SMILES string of the molecule is CCC1(CC)CCN(c2ccc(N)c(OC(C)C)n2)CC1. The van der Waals surface area contributed by atoms with Crippen molar-refractivity contribution in [1.29, 1.82) is 0 Å². The molecule has 2 rings (SSSR count). The Labute approximate surface area is 128 Å². The molecule has 0 aliphatic carbocycles. The van der Waals surface area contributed by atoms with Gasteiger partial charge in [-0.05, 0) is 44.2 Å². The maximum atomic E-state index is 5.95. The number of nitrogens with two attached hydrogens (primary N) is 1. The molecule has 1 aromatic rings. The second kappa shape index (κ2) is 6.54. The minimum atomic E-state index is 0.0873. The largest absolute Gasteiger partial charge is 0.473 e. The standard InChI is InChI=1S/C17H29N3O/c1-5-17(6-2)9-11-20(12-10-17)15-8-7-14(18)16(19-15)21-13(3)4/h7-8,13H,5-6,9-12,18H2,1-4H3. The summed E-state index contributed by atoms with van der Waals surface area (Å²) in [5.74, 6) is 1.55. The average molecular weight is 291 g/mol. The third-order valence-electron chi connectivity index (χ3n) is 4.87. The molecule has 1 aliphatic rings. The monoisotopic (exact) mass is 291 g/mol. The Balaban J connectivity index is 2.10. The number of aromatic nitrogens is 1. The maximum absolute atomic E-state index is 5.95. The minimum Gasteiger partial charge on any atom is -0.473 e. The summed E-state index contributed by atoms with van der Waals surface area (Å²) in [5.41, 5.74) is 7.09. The summed E-state index contributed by atoms with van der Waals surface area (Å²) < 4.78 is 5.70. The third kappa shape index (κ3) is 3.60. The molecular formula is C17H29N3O. The van der Waals surface area contributed by atoms with Crippen LogP contribution in [0.1, 0.15) is 53.4 Å². The van der Waals surface area contributed by atoms with Crippen LogP contribution in [0.5, 0.6) is 5.88 Å². The lowest BCUT2D eigenvalue weighted by Crippen LogP contribution is -2.40. The van der Waals surface area contributed by atoms with Gasteiger partial charge in [-0.3, -0.25) is 0 Å². The molecule has 1 aromatic heterocycles. The van der Waals surface area contributed by atoms with Crippen molar-refractivity contribution in [3.8, 4) is 5.88 Å². The molecule has 0 aromatic carbocycles. The molecule has 1 fully saturated rings. The number of rotatable bonds is 5. The van der Waals surface area contributed by atoms with E-state index in [-0.39, 0.29) is 6.10 Å². The zero-order valence-electron chi connectivity index (χ0n) is 13.9. The molecule has 0 atom stereocenters. The zero-order chi connectivity index (χ0) is 15.5. The summed E-state index contributed by atoms with van der Waals surface area (Å²) in [6, 6.07) is 3.91. The van der Waals surface area contributed by atoms with E-state index in [0.717, 1.165) is 18.9 Å². The summed E-state index contributed by atoms with van der Waals surface area (Å²) in [6.45, 7) is 10.8. The van der Waals surface area contributed by atoms with Gasteiger partial charge in [0.1, 0.15) is 5.82 Å². The van der Waals surface area contributed by atoms with Crippen LogP contribution in [0, 0.1) is 5.41 Å². The summed E-state index contributed by atoms with van der Waals surface area (Å²) >= 11 is 0. The lowest BCUT2D eigenvalue weighted by molar-refractivity contribution is 0.198. The van der Waals surface area contributed by atoms with Crippen LogP contribution in [0.25, 0.3) is 0 Å². The van der Waals surface area contributed by atoms with Gasteiger partial charge < -0.3 is 15.4 Å². The fraction of sp³-hybridized carbons (Fsp3) is 0.706.